The van der Waals surface area contributed by atoms with E-state index in [0.717, 1.165) is 10.6 Å². The topological polar surface area (TPSA) is 26.0 Å². The summed E-state index contributed by atoms with van der Waals surface area (Å²) in [5.74, 6) is 0. The van der Waals surface area contributed by atoms with Gasteiger partial charge in [-0.2, -0.15) is 0 Å². The molecule has 0 atom stereocenters. The van der Waals surface area contributed by atoms with Crippen molar-refractivity contribution in [3.63, 3.8) is 0 Å². The van der Waals surface area contributed by atoms with Crippen LogP contribution in [0, 0.1) is 6.92 Å². The van der Waals surface area contributed by atoms with Crippen LogP contribution >= 0.6 is 23.8 Å². The number of thiocarbonyl (C=S) groups is 1. The van der Waals surface area contributed by atoms with Gasteiger partial charge in [-0.15, -0.1) is 0 Å². The first-order chi connectivity index (χ1) is 5.74. The van der Waals surface area contributed by atoms with Crippen molar-refractivity contribution in [2.45, 2.75) is 6.92 Å². The van der Waals surface area contributed by atoms with Gasteiger partial charge in [-0.1, -0.05) is 35.4 Å². The van der Waals surface area contributed by atoms with Crippen LogP contribution in [0.25, 0.3) is 0 Å². The van der Waals surface area contributed by atoms with Crippen molar-refractivity contribution in [1.82, 2.24) is 0 Å². The second-order valence-electron chi connectivity index (χ2n) is 2.14. The molecule has 0 fully saturated rings. The second kappa shape index (κ2) is 6.12. The first-order valence-electron chi connectivity index (χ1n) is 3.53. The Kier molecular flexibility index (Phi) is 5.89. The van der Waals surface area contributed by atoms with Crippen LogP contribution in [-0.2, 0) is 0 Å². The molecule has 66 valence electrons. The Morgan fingerprint density at radius 2 is 2.00 bits per heavy atom. The van der Waals surface area contributed by atoms with Gasteiger partial charge in [0.25, 0.3) is 0 Å². The Bertz CT molecular complexity index is 261. The summed E-state index contributed by atoms with van der Waals surface area (Å²) in [5, 5.41) is 2.32. The first-order valence-corrected chi connectivity index (χ1v) is 4.38. The molecule has 0 aliphatic rings. The van der Waals surface area contributed by atoms with Crippen molar-refractivity contribution in [3.8, 4) is 0 Å². The predicted octanol–water partition coefficient (Wildman–Crippen LogP) is 2.57. The maximum Gasteiger partial charge on any atom is 0.0486 e. The number of benzene rings is 1. The molecule has 0 heterocycles. The molecule has 0 saturated carbocycles. The number of nitrogens with two attached hydrogens (primary N) is 1. The molecule has 0 radical (unpaired) electrons. The first kappa shape index (κ1) is 11.6. The minimum atomic E-state index is 0.723. The van der Waals surface area contributed by atoms with Crippen molar-refractivity contribution in [2.75, 3.05) is 7.05 Å². The smallest absolute Gasteiger partial charge is 0.0486 e. The molecule has 12 heavy (non-hydrogen) atoms. The summed E-state index contributed by atoms with van der Waals surface area (Å²) in [4.78, 5) is 0. The Hall–Kier alpha value is -0.440. The molecular formula is C9H12ClNS. The molecule has 0 aliphatic carbocycles. The lowest BCUT2D eigenvalue weighted by molar-refractivity contribution is 1.47. The van der Waals surface area contributed by atoms with Gasteiger partial charge in [-0.05, 0) is 26.1 Å². The van der Waals surface area contributed by atoms with E-state index in [1.54, 1.807) is 5.37 Å². The van der Waals surface area contributed by atoms with Crippen LogP contribution in [0.4, 0.5) is 0 Å². The van der Waals surface area contributed by atoms with Gasteiger partial charge in [0.1, 0.15) is 0 Å². The SMILES string of the molecule is CN.Cc1ccc(Cl)c(C=S)c1. The quantitative estimate of drug-likeness (QED) is 0.707. The lowest BCUT2D eigenvalue weighted by Gasteiger charge is -1.96. The number of hydrogen-bond acceptors (Lipinski definition) is 2. The summed E-state index contributed by atoms with van der Waals surface area (Å²) in [5.41, 5.74) is 6.61. The van der Waals surface area contributed by atoms with Crippen molar-refractivity contribution >= 4 is 29.2 Å². The molecule has 1 aromatic carbocycles. The van der Waals surface area contributed by atoms with Crippen LogP contribution in [0.15, 0.2) is 18.2 Å². The van der Waals surface area contributed by atoms with Gasteiger partial charge in [0.2, 0.25) is 0 Å². The second-order valence-corrected chi connectivity index (χ2v) is 2.79. The van der Waals surface area contributed by atoms with Gasteiger partial charge in [-0.3, -0.25) is 0 Å². The molecule has 0 aromatic heterocycles. The van der Waals surface area contributed by atoms with Gasteiger partial charge in [-0.25, -0.2) is 0 Å². The summed E-state index contributed by atoms with van der Waals surface area (Å²) < 4.78 is 0. The molecule has 0 amide bonds. The molecule has 0 aliphatic heterocycles. The van der Waals surface area contributed by atoms with E-state index in [-0.39, 0.29) is 0 Å². The highest BCUT2D eigenvalue weighted by Gasteiger charge is 1.94. The molecule has 3 heteroatoms. The number of halogens is 1. The summed E-state index contributed by atoms with van der Waals surface area (Å²) in [6, 6.07) is 5.79. The highest BCUT2D eigenvalue weighted by Crippen LogP contribution is 2.14. The normalized spacial score (nSPS) is 8.33. The predicted molar refractivity (Wildman–Crippen MR) is 59.1 cm³/mol. The third kappa shape index (κ3) is 3.30. The third-order valence-corrected chi connectivity index (χ3v) is 1.88. The van der Waals surface area contributed by atoms with Gasteiger partial charge in [0.05, 0.1) is 0 Å². The summed E-state index contributed by atoms with van der Waals surface area (Å²) in [6.45, 7) is 2.01. The summed E-state index contributed by atoms with van der Waals surface area (Å²) in [7, 11) is 1.50. The van der Waals surface area contributed by atoms with Gasteiger partial charge in [0.15, 0.2) is 0 Å². The van der Waals surface area contributed by atoms with Crippen molar-refractivity contribution in [3.05, 3.63) is 34.3 Å². The number of hydrogen-bond donors (Lipinski definition) is 1. The van der Waals surface area contributed by atoms with Crippen LogP contribution in [0.1, 0.15) is 11.1 Å². The molecular weight excluding hydrogens is 190 g/mol. The standard InChI is InChI=1S/C8H7ClS.CH5N/c1-6-2-3-8(9)7(4-6)5-10;1-2/h2-5H,1H3;2H2,1H3. The maximum atomic E-state index is 5.80. The fourth-order valence-corrected chi connectivity index (χ4v) is 1.19. The highest BCUT2D eigenvalue weighted by molar-refractivity contribution is 7.79. The fourth-order valence-electron chi connectivity index (χ4n) is 0.753. The number of aryl methyl sites for hydroxylation is 1. The van der Waals surface area contributed by atoms with Crippen molar-refractivity contribution in [2.24, 2.45) is 5.73 Å². The van der Waals surface area contributed by atoms with Crippen LogP contribution in [-0.4, -0.2) is 12.4 Å². The molecule has 2 N–H and O–H groups in total. The maximum absolute atomic E-state index is 5.80. The van der Waals surface area contributed by atoms with Crippen LogP contribution in [0.3, 0.4) is 0 Å². The Balaban J connectivity index is 0.000000561. The summed E-state index contributed by atoms with van der Waals surface area (Å²) in [6.07, 6.45) is 0. The van der Waals surface area contributed by atoms with Crippen LogP contribution in [0.2, 0.25) is 5.02 Å². The molecule has 0 saturated heterocycles. The van der Waals surface area contributed by atoms with Gasteiger partial charge >= 0.3 is 0 Å². The van der Waals surface area contributed by atoms with Crippen molar-refractivity contribution in [1.29, 1.82) is 0 Å². The Morgan fingerprint density at radius 3 is 2.42 bits per heavy atom. The van der Waals surface area contributed by atoms with E-state index in [0.29, 0.717) is 0 Å². The largest absolute Gasteiger partial charge is 0.333 e. The lowest BCUT2D eigenvalue weighted by atomic mass is 10.2. The Morgan fingerprint density at radius 1 is 1.42 bits per heavy atom. The van der Waals surface area contributed by atoms with Crippen LogP contribution in [0.5, 0.6) is 0 Å². The zero-order valence-corrected chi connectivity index (χ0v) is 8.75. The molecule has 0 spiro atoms. The van der Waals surface area contributed by atoms with E-state index in [2.05, 4.69) is 5.73 Å². The molecule has 0 unspecified atom stereocenters. The van der Waals surface area contributed by atoms with Crippen molar-refractivity contribution < 1.29 is 0 Å². The summed E-state index contributed by atoms with van der Waals surface area (Å²) >= 11 is 10.6. The third-order valence-electron chi connectivity index (χ3n) is 1.28. The molecule has 1 aromatic rings. The monoisotopic (exact) mass is 201 g/mol. The van der Waals surface area contributed by atoms with E-state index < -0.39 is 0 Å². The zero-order valence-electron chi connectivity index (χ0n) is 7.17. The zero-order chi connectivity index (χ0) is 9.56. The number of rotatable bonds is 1. The minimum absolute atomic E-state index is 0.723. The van der Waals surface area contributed by atoms with Gasteiger partial charge < -0.3 is 5.73 Å². The van der Waals surface area contributed by atoms with Crippen LogP contribution < -0.4 is 5.73 Å². The average Bonchev–Trinajstić information content (AvgIpc) is 2.13. The van der Waals surface area contributed by atoms with Gasteiger partial charge in [0, 0.05) is 16.0 Å². The lowest BCUT2D eigenvalue weighted by Crippen LogP contribution is -1.81. The van der Waals surface area contributed by atoms with E-state index in [1.807, 2.05) is 25.1 Å². The average molecular weight is 202 g/mol. The highest BCUT2D eigenvalue weighted by atomic mass is 35.5. The fraction of sp³-hybridized carbons (Fsp3) is 0.222. The molecule has 1 rings (SSSR count). The molecule has 1 nitrogen and oxygen atoms in total. The molecule has 0 bridgehead atoms. The van der Waals surface area contributed by atoms with E-state index in [9.17, 15) is 0 Å². The van der Waals surface area contributed by atoms with E-state index in [1.165, 1.54) is 12.6 Å². The minimum Gasteiger partial charge on any atom is -0.333 e. The van der Waals surface area contributed by atoms with E-state index in [4.69, 9.17) is 23.8 Å². The van der Waals surface area contributed by atoms with E-state index >= 15 is 0 Å². The Labute approximate surface area is 83.5 Å².